The second kappa shape index (κ2) is 5.51. The zero-order valence-corrected chi connectivity index (χ0v) is 12.3. The number of benzene rings is 2. The van der Waals surface area contributed by atoms with E-state index in [1.165, 1.54) is 11.6 Å². The molecule has 110 valence electrons. The summed E-state index contributed by atoms with van der Waals surface area (Å²) < 4.78 is 13.7. The molecule has 0 unspecified atom stereocenters. The molecule has 0 aliphatic heterocycles. The molecular formula is C19H21FO. The van der Waals surface area contributed by atoms with Crippen molar-refractivity contribution in [2.75, 3.05) is 0 Å². The monoisotopic (exact) mass is 284 g/mol. The van der Waals surface area contributed by atoms with Crippen LogP contribution in [0.4, 0.5) is 4.39 Å². The maximum Gasteiger partial charge on any atom is 0.123 e. The second-order valence-electron chi connectivity index (χ2n) is 6.32. The second-order valence-corrected chi connectivity index (χ2v) is 6.32. The van der Waals surface area contributed by atoms with Crippen molar-refractivity contribution in [1.29, 1.82) is 0 Å². The molecule has 1 N–H and O–H groups in total. The van der Waals surface area contributed by atoms with Crippen LogP contribution in [0.5, 0.6) is 5.75 Å². The van der Waals surface area contributed by atoms with Crippen molar-refractivity contribution in [3.63, 3.8) is 0 Å². The number of aromatic hydroxyl groups is 1. The Morgan fingerprint density at radius 3 is 2.29 bits per heavy atom. The molecule has 21 heavy (non-hydrogen) atoms. The summed E-state index contributed by atoms with van der Waals surface area (Å²) in [5, 5.41) is 9.54. The molecule has 0 aromatic heterocycles. The molecule has 0 atom stereocenters. The fourth-order valence-electron chi connectivity index (χ4n) is 3.57. The normalized spacial score (nSPS) is 25.7. The molecule has 2 aromatic carbocycles. The predicted octanol–water partition coefficient (Wildman–Crippen LogP) is 5.03. The molecule has 1 aliphatic rings. The average Bonchev–Trinajstić information content (AvgIpc) is 2.49. The Balaban J connectivity index is 2.09. The largest absolute Gasteiger partial charge is 0.508 e. The first-order valence-corrected chi connectivity index (χ1v) is 7.66. The summed E-state index contributed by atoms with van der Waals surface area (Å²) in [5.41, 5.74) is 2.11. The van der Waals surface area contributed by atoms with E-state index in [9.17, 15) is 9.50 Å². The third kappa shape index (κ3) is 2.67. The predicted molar refractivity (Wildman–Crippen MR) is 82.9 cm³/mol. The minimum Gasteiger partial charge on any atom is -0.508 e. The highest BCUT2D eigenvalue weighted by molar-refractivity contribution is 5.42. The molecule has 2 heteroatoms. The number of rotatable bonds is 2. The van der Waals surface area contributed by atoms with E-state index in [0.717, 1.165) is 37.2 Å². The molecule has 1 aliphatic carbocycles. The Morgan fingerprint density at radius 1 is 1.00 bits per heavy atom. The van der Waals surface area contributed by atoms with Gasteiger partial charge in [0.05, 0.1) is 0 Å². The van der Waals surface area contributed by atoms with E-state index in [2.05, 4.69) is 6.92 Å². The molecule has 0 heterocycles. The fourth-order valence-corrected chi connectivity index (χ4v) is 3.57. The first kappa shape index (κ1) is 14.1. The van der Waals surface area contributed by atoms with Gasteiger partial charge in [0.25, 0.3) is 0 Å². The van der Waals surface area contributed by atoms with Crippen molar-refractivity contribution in [1.82, 2.24) is 0 Å². The van der Waals surface area contributed by atoms with Crippen molar-refractivity contribution in [2.24, 2.45) is 5.92 Å². The molecule has 1 saturated carbocycles. The van der Waals surface area contributed by atoms with Crippen molar-refractivity contribution in [3.05, 3.63) is 65.5 Å². The van der Waals surface area contributed by atoms with Gasteiger partial charge < -0.3 is 5.11 Å². The van der Waals surface area contributed by atoms with Crippen LogP contribution in [0.25, 0.3) is 0 Å². The van der Waals surface area contributed by atoms with Crippen LogP contribution in [0.15, 0.2) is 48.5 Å². The van der Waals surface area contributed by atoms with Gasteiger partial charge in [0.1, 0.15) is 11.6 Å². The third-order valence-electron chi connectivity index (χ3n) is 4.92. The first-order valence-electron chi connectivity index (χ1n) is 7.66. The van der Waals surface area contributed by atoms with E-state index in [0.29, 0.717) is 0 Å². The number of phenolic OH excluding ortho intramolecular Hbond substituents is 1. The zero-order valence-electron chi connectivity index (χ0n) is 12.3. The number of phenols is 1. The van der Waals surface area contributed by atoms with Gasteiger partial charge in [-0.3, -0.25) is 0 Å². The van der Waals surface area contributed by atoms with Crippen molar-refractivity contribution in [3.8, 4) is 5.75 Å². The van der Waals surface area contributed by atoms with E-state index >= 15 is 0 Å². The van der Waals surface area contributed by atoms with Gasteiger partial charge in [-0.2, -0.15) is 0 Å². The summed E-state index contributed by atoms with van der Waals surface area (Å²) in [6, 6.07) is 14.4. The summed E-state index contributed by atoms with van der Waals surface area (Å²) in [7, 11) is 0. The molecule has 0 saturated heterocycles. The smallest absolute Gasteiger partial charge is 0.123 e. The lowest BCUT2D eigenvalue weighted by atomic mass is 9.63. The minimum absolute atomic E-state index is 0.123. The van der Waals surface area contributed by atoms with Crippen molar-refractivity contribution >= 4 is 0 Å². The van der Waals surface area contributed by atoms with Gasteiger partial charge in [-0.25, -0.2) is 4.39 Å². The SMILES string of the molecule is CC1CCC(c2ccc(O)cc2)(c2cccc(F)c2)CC1. The van der Waals surface area contributed by atoms with Gasteiger partial charge in [0, 0.05) is 5.41 Å². The molecule has 0 spiro atoms. The van der Waals surface area contributed by atoms with Crippen LogP contribution < -0.4 is 0 Å². The van der Waals surface area contributed by atoms with Gasteiger partial charge in [0.15, 0.2) is 0 Å². The van der Waals surface area contributed by atoms with E-state index < -0.39 is 0 Å². The summed E-state index contributed by atoms with van der Waals surface area (Å²) in [6.45, 7) is 2.28. The molecule has 0 amide bonds. The summed E-state index contributed by atoms with van der Waals surface area (Å²) in [4.78, 5) is 0. The Labute approximate surface area is 125 Å². The fraction of sp³-hybridized carbons (Fsp3) is 0.368. The summed E-state index contributed by atoms with van der Waals surface area (Å²) in [6.07, 6.45) is 4.36. The average molecular weight is 284 g/mol. The van der Waals surface area contributed by atoms with Gasteiger partial charge in [-0.15, -0.1) is 0 Å². The van der Waals surface area contributed by atoms with Gasteiger partial charge in [-0.1, -0.05) is 31.2 Å². The van der Waals surface area contributed by atoms with Crippen molar-refractivity contribution in [2.45, 2.75) is 38.0 Å². The molecule has 0 bridgehead atoms. The maximum atomic E-state index is 13.7. The van der Waals surface area contributed by atoms with Gasteiger partial charge in [-0.05, 0) is 67.0 Å². The Morgan fingerprint density at radius 2 is 1.67 bits per heavy atom. The van der Waals surface area contributed by atoms with E-state index in [-0.39, 0.29) is 17.0 Å². The number of hydrogen-bond donors (Lipinski definition) is 1. The van der Waals surface area contributed by atoms with Crippen LogP contribution in [-0.2, 0) is 5.41 Å². The molecule has 1 nitrogen and oxygen atoms in total. The topological polar surface area (TPSA) is 20.2 Å². The Kier molecular flexibility index (Phi) is 3.71. The Hall–Kier alpha value is -1.83. The third-order valence-corrected chi connectivity index (χ3v) is 4.92. The molecule has 0 radical (unpaired) electrons. The lowest BCUT2D eigenvalue weighted by molar-refractivity contribution is 0.279. The standard InChI is InChI=1S/C19H21FO/c1-14-9-11-19(12-10-14,15-5-7-18(21)8-6-15)16-3-2-4-17(20)13-16/h2-8,13-14,21H,9-12H2,1H3. The molecular weight excluding hydrogens is 263 g/mol. The lowest BCUT2D eigenvalue weighted by Gasteiger charge is -2.40. The molecule has 3 rings (SSSR count). The zero-order chi connectivity index (χ0) is 14.9. The highest BCUT2D eigenvalue weighted by atomic mass is 19.1. The number of halogens is 1. The number of hydrogen-bond acceptors (Lipinski definition) is 1. The summed E-state index contributed by atoms with van der Waals surface area (Å²) in [5.74, 6) is 0.824. The van der Waals surface area contributed by atoms with E-state index in [4.69, 9.17) is 0 Å². The van der Waals surface area contributed by atoms with Crippen LogP contribution in [0.2, 0.25) is 0 Å². The van der Waals surface area contributed by atoms with Crippen LogP contribution in [0.3, 0.4) is 0 Å². The van der Waals surface area contributed by atoms with Crippen LogP contribution >= 0.6 is 0 Å². The van der Waals surface area contributed by atoms with Crippen LogP contribution in [-0.4, -0.2) is 5.11 Å². The van der Waals surface area contributed by atoms with E-state index in [1.54, 1.807) is 24.3 Å². The van der Waals surface area contributed by atoms with Crippen molar-refractivity contribution < 1.29 is 9.50 Å². The Bertz CT molecular complexity index is 610. The molecule has 1 fully saturated rings. The summed E-state index contributed by atoms with van der Waals surface area (Å²) >= 11 is 0. The highest BCUT2D eigenvalue weighted by Crippen LogP contribution is 2.46. The lowest BCUT2D eigenvalue weighted by Crippen LogP contribution is -2.32. The van der Waals surface area contributed by atoms with Gasteiger partial charge >= 0.3 is 0 Å². The highest BCUT2D eigenvalue weighted by Gasteiger charge is 2.37. The van der Waals surface area contributed by atoms with E-state index in [1.807, 2.05) is 18.2 Å². The first-order chi connectivity index (χ1) is 10.1. The van der Waals surface area contributed by atoms with Crippen LogP contribution in [0.1, 0.15) is 43.7 Å². The van der Waals surface area contributed by atoms with Crippen LogP contribution in [0, 0.1) is 11.7 Å². The quantitative estimate of drug-likeness (QED) is 0.820. The maximum absolute atomic E-state index is 13.7. The van der Waals surface area contributed by atoms with Gasteiger partial charge in [0.2, 0.25) is 0 Å². The minimum atomic E-state index is -0.177. The molecule has 2 aromatic rings.